The second kappa shape index (κ2) is 16.6. The number of fused-ring (bicyclic) bond motifs is 1. The third-order valence-corrected chi connectivity index (χ3v) is 13.3. The van der Waals surface area contributed by atoms with E-state index in [-0.39, 0.29) is 44.4 Å². The minimum Gasteiger partial charge on any atom is -0.346 e. The van der Waals surface area contributed by atoms with Crippen molar-refractivity contribution in [3.63, 3.8) is 0 Å². The Labute approximate surface area is 306 Å². The molecule has 13 nitrogen and oxygen atoms in total. The molecule has 4 N–H and O–H groups in total. The first kappa shape index (κ1) is 40.5. The van der Waals surface area contributed by atoms with Gasteiger partial charge in [0.05, 0.1) is 16.5 Å². The SMILES string of the molecule is C=CCNC(=O)C(=O)C(CCC)NC(=O)[C@@H]1C[C@@H](C(C)C)CN1C(=O)[C@@H](NC(=O)NC1(CN2Cc3sccc3S2(=O)=O)CCCCC1)C(C)(C)C. The lowest BCUT2D eigenvalue weighted by Crippen LogP contribution is -2.63. The molecule has 4 atom stereocenters. The summed E-state index contributed by atoms with van der Waals surface area (Å²) in [5.41, 5.74) is -1.58. The van der Waals surface area contributed by atoms with Crippen LogP contribution < -0.4 is 21.3 Å². The zero-order chi connectivity index (χ0) is 37.7. The standard InChI is InChI=1S/C36H56N6O7S2/c1-8-13-25(29(43)32(45)37-17-9-2)38-31(44)26-19-24(23(3)4)20-42(26)33(46)30(35(5,6)7)39-34(47)40-36(15-11-10-12-16-36)22-41-21-27-28(14-18-50-27)51(41,48)49/h9,14,18,23-26,30H,2,8,10-13,15-17,19-22H2,1,3-7H3,(H,37,45)(H,38,44)(H2,39,40,47)/t24-,25?,26+,30-/m1/s1. The number of rotatable bonds is 14. The first-order valence-corrected chi connectivity index (χ1v) is 20.4. The van der Waals surface area contributed by atoms with Gasteiger partial charge >= 0.3 is 6.03 Å². The van der Waals surface area contributed by atoms with Crippen LogP contribution in [-0.4, -0.2) is 90.5 Å². The van der Waals surface area contributed by atoms with Gasteiger partial charge in [-0.1, -0.05) is 73.3 Å². The van der Waals surface area contributed by atoms with Crippen molar-refractivity contribution >= 4 is 50.9 Å². The molecule has 15 heteroatoms. The molecule has 5 amide bonds. The predicted octanol–water partition coefficient (Wildman–Crippen LogP) is 3.70. The molecule has 0 spiro atoms. The molecule has 2 aliphatic heterocycles. The topological polar surface area (TPSA) is 174 Å². The first-order chi connectivity index (χ1) is 23.9. The number of nitrogens with one attached hydrogen (secondary N) is 4. The van der Waals surface area contributed by atoms with Gasteiger partial charge < -0.3 is 26.2 Å². The van der Waals surface area contributed by atoms with E-state index in [1.54, 1.807) is 11.4 Å². The summed E-state index contributed by atoms with van der Waals surface area (Å²) in [5.74, 6) is -2.38. The van der Waals surface area contributed by atoms with Gasteiger partial charge in [-0.3, -0.25) is 19.2 Å². The fraction of sp³-hybridized carbons (Fsp3) is 0.694. The number of likely N-dealkylation sites (tertiary alicyclic amines) is 1. The Morgan fingerprint density at radius 2 is 1.78 bits per heavy atom. The lowest BCUT2D eigenvalue weighted by molar-refractivity contribution is -0.143. The molecule has 1 saturated carbocycles. The first-order valence-electron chi connectivity index (χ1n) is 18.1. The summed E-state index contributed by atoms with van der Waals surface area (Å²) in [6.45, 7) is 15.8. The highest BCUT2D eigenvalue weighted by molar-refractivity contribution is 7.89. The molecule has 3 aliphatic rings. The lowest BCUT2D eigenvalue weighted by Gasteiger charge is -2.41. The second-order valence-electron chi connectivity index (χ2n) is 15.7. The van der Waals surface area contributed by atoms with Crippen LogP contribution in [0.5, 0.6) is 0 Å². The Kier molecular flexibility index (Phi) is 13.2. The number of hydrogen-bond acceptors (Lipinski definition) is 8. The number of thiophene rings is 1. The Morgan fingerprint density at radius 1 is 1.10 bits per heavy atom. The van der Waals surface area contributed by atoms with Crippen molar-refractivity contribution in [3.8, 4) is 0 Å². The van der Waals surface area contributed by atoms with Crippen molar-refractivity contribution < 1.29 is 32.4 Å². The number of Topliss-reactive ketones (excluding diaryl/α,β-unsaturated/α-hetero) is 1. The lowest BCUT2D eigenvalue weighted by atomic mass is 9.81. The van der Waals surface area contributed by atoms with Gasteiger partial charge in [0.1, 0.15) is 12.1 Å². The zero-order valence-corrected chi connectivity index (χ0v) is 32.5. The van der Waals surface area contributed by atoms with Crippen molar-refractivity contribution in [2.45, 2.75) is 128 Å². The largest absolute Gasteiger partial charge is 0.346 e. The van der Waals surface area contributed by atoms with E-state index in [1.165, 1.54) is 26.6 Å². The normalized spacial score (nSPS) is 22.5. The number of hydrogen-bond donors (Lipinski definition) is 4. The summed E-state index contributed by atoms with van der Waals surface area (Å²) in [6.07, 6.45) is 6.45. The predicted molar refractivity (Wildman–Crippen MR) is 196 cm³/mol. The van der Waals surface area contributed by atoms with Crippen molar-refractivity contribution in [1.29, 1.82) is 0 Å². The number of sulfonamides is 1. The summed E-state index contributed by atoms with van der Waals surface area (Å²) in [4.78, 5) is 70.3. The molecule has 3 heterocycles. The molecule has 0 bridgehead atoms. The number of carbonyl (C=O) groups excluding carboxylic acids is 5. The molecule has 1 unspecified atom stereocenters. The van der Waals surface area contributed by atoms with Crippen LogP contribution in [0.1, 0.15) is 97.8 Å². The van der Waals surface area contributed by atoms with E-state index in [1.807, 2.05) is 41.5 Å². The minimum absolute atomic E-state index is 0.00785. The summed E-state index contributed by atoms with van der Waals surface area (Å²) in [6, 6.07) is -1.94. The molecule has 2 fully saturated rings. The fourth-order valence-electron chi connectivity index (χ4n) is 7.39. The third kappa shape index (κ3) is 9.39. The van der Waals surface area contributed by atoms with Crippen LogP contribution in [0.4, 0.5) is 4.79 Å². The molecule has 1 aromatic rings. The molecule has 4 rings (SSSR count). The van der Waals surface area contributed by atoms with Crippen molar-refractivity contribution in [3.05, 3.63) is 29.0 Å². The van der Waals surface area contributed by atoms with Gasteiger partial charge in [0.25, 0.3) is 5.91 Å². The van der Waals surface area contributed by atoms with Gasteiger partial charge in [-0.25, -0.2) is 13.2 Å². The van der Waals surface area contributed by atoms with Crippen LogP contribution >= 0.6 is 11.3 Å². The van der Waals surface area contributed by atoms with Crippen LogP contribution in [0.3, 0.4) is 0 Å². The van der Waals surface area contributed by atoms with Crippen LogP contribution in [0.25, 0.3) is 0 Å². The number of urea groups is 1. The highest BCUT2D eigenvalue weighted by atomic mass is 32.2. The van der Waals surface area contributed by atoms with E-state index < -0.39 is 68.6 Å². The minimum atomic E-state index is -3.67. The maximum atomic E-state index is 14.5. The van der Waals surface area contributed by atoms with Gasteiger partial charge in [-0.05, 0) is 54.4 Å². The second-order valence-corrected chi connectivity index (χ2v) is 18.6. The Bertz CT molecular complexity index is 1580. The van der Waals surface area contributed by atoms with Crippen molar-refractivity contribution in [1.82, 2.24) is 30.5 Å². The highest BCUT2D eigenvalue weighted by Gasteiger charge is 2.48. The van der Waals surface area contributed by atoms with E-state index in [2.05, 4.69) is 27.8 Å². The molecule has 284 valence electrons. The van der Waals surface area contributed by atoms with E-state index in [0.717, 1.165) is 24.1 Å². The smallest absolute Gasteiger partial charge is 0.315 e. The molecule has 1 aromatic heterocycles. The van der Waals surface area contributed by atoms with Crippen LogP contribution in [0, 0.1) is 17.3 Å². The zero-order valence-electron chi connectivity index (χ0n) is 30.9. The number of amides is 5. The summed E-state index contributed by atoms with van der Waals surface area (Å²) in [7, 11) is -3.67. The Morgan fingerprint density at radius 3 is 2.37 bits per heavy atom. The molecule has 51 heavy (non-hydrogen) atoms. The fourth-order valence-corrected chi connectivity index (χ4v) is 10.4. The van der Waals surface area contributed by atoms with Gasteiger partial charge in [0.15, 0.2) is 0 Å². The number of carbonyl (C=O) groups is 5. The van der Waals surface area contributed by atoms with Gasteiger partial charge in [-0.15, -0.1) is 17.9 Å². The van der Waals surface area contributed by atoms with Crippen LogP contribution in [0.2, 0.25) is 0 Å². The Balaban J connectivity index is 1.53. The highest BCUT2D eigenvalue weighted by Crippen LogP contribution is 2.38. The third-order valence-electron chi connectivity index (χ3n) is 10.4. The Hall–Kier alpha value is -3.30. The average molecular weight is 749 g/mol. The molecule has 1 aliphatic carbocycles. The molecule has 1 saturated heterocycles. The monoisotopic (exact) mass is 748 g/mol. The maximum absolute atomic E-state index is 14.5. The number of ketones is 1. The molecular formula is C36H56N6O7S2. The average Bonchev–Trinajstić information content (AvgIpc) is 3.78. The molecule has 0 radical (unpaired) electrons. The van der Waals surface area contributed by atoms with Gasteiger partial charge in [0, 0.05) is 31.1 Å². The maximum Gasteiger partial charge on any atom is 0.315 e. The number of nitrogens with zero attached hydrogens (tertiary/aromatic N) is 2. The summed E-state index contributed by atoms with van der Waals surface area (Å²) >= 11 is 1.40. The van der Waals surface area contributed by atoms with E-state index in [4.69, 9.17) is 0 Å². The van der Waals surface area contributed by atoms with Gasteiger partial charge in [-0.2, -0.15) is 4.31 Å². The quantitative estimate of drug-likeness (QED) is 0.166. The van der Waals surface area contributed by atoms with Gasteiger partial charge in [0.2, 0.25) is 27.6 Å². The van der Waals surface area contributed by atoms with Crippen LogP contribution in [-0.2, 0) is 35.7 Å². The van der Waals surface area contributed by atoms with Crippen molar-refractivity contribution in [2.75, 3.05) is 19.6 Å². The van der Waals surface area contributed by atoms with Crippen molar-refractivity contribution in [2.24, 2.45) is 17.3 Å². The van der Waals surface area contributed by atoms with E-state index in [0.29, 0.717) is 30.6 Å². The summed E-state index contributed by atoms with van der Waals surface area (Å²) in [5, 5.41) is 13.1. The van der Waals surface area contributed by atoms with E-state index in [9.17, 15) is 32.4 Å². The molecular weight excluding hydrogens is 693 g/mol. The van der Waals surface area contributed by atoms with E-state index >= 15 is 0 Å². The summed E-state index contributed by atoms with van der Waals surface area (Å²) < 4.78 is 28.1. The van der Waals surface area contributed by atoms with Crippen LogP contribution in [0.15, 0.2) is 29.0 Å². The molecule has 0 aromatic carbocycles.